The Morgan fingerprint density at radius 1 is 0.792 bits per heavy atom. The summed E-state index contributed by atoms with van der Waals surface area (Å²) in [5.74, 6) is 1.12. The van der Waals surface area contributed by atoms with Crippen LogP contribution in [0.1, 0.15) is 11.3 Å². The highest BCUT2D eigenvalue weighted by Gasteiger charge is 2.24. The maximum Gasteiger partial charge on any atom is 0.363 e. The number of hydrogen-bond donors (Lipinski definition) is 0. The van der Waals surface area contributed by atoms with E-state index in [1.807, 2.05) is 66.7 Å². The number of ether oxygens (including phenoxy) is 1. The van der Waals surface area contributed by atoms with Crippen LogP contribution in [0.2, 0.25) is 0 Å². The number of cyclic esters (lactones) is 1. The highest BCUT2D eigenvalue weighted by Crippen LogP contribution is 2.25. The maximum atomic E-state index is 12.0. The molecule has 3 aromatic rings. The van der Waals surface area contributed by atoms with E-state index in [0.29, 0.717) is 11.7 Å². The summed E-state index contributed by atoms with van der Waals surface area (Å²) in [5, 5.41) is 0. The van der Waals surface area contributed by atoms with Gasteiger partial charge >= 0.3 is 5.97 Å². The van der Waals surface area contributed by atoms with Crippen LogP contribution in [0.4, 0.5) is 0 Å². The summed E-state index contributed by atoms with van der Waals surface area (Å²) in [6.45, 7) is 0. The van der Waals surface area contributed by atoms with Crippen molar-refractivity contribution in [1.29, 1.82) is 0 Å². The summed E-state index contributed by atoms with van der Waals surface area (Å²) in [6, 6.07) is 22.7. The van der Waals surface area contributed by atoms with Crippen LogP contribution in [-0.4, -0.2) is 11.9 Å². The maximum absolute atomic E-state index is 12.0. The van der Waals surface area contributed by atoms with E-state index in [4.69, 9.17) is 9.15 Å². The van der Waals surface area contributed by atoms with Crippen molar-refractivity contribution in [3.8, 4) is 11.3 Å². The van der Waals surface area contributed by atoms with Crippen LogP contribution >= 0.6 is 0 Å². The predicted octanol–water partition coefficient (Wildman–Crippen LogP) is 4.29. The SMILES string of the molecule is O=C1OC(c2ccccc2)=N/C1=C/c1ccc(-c2ccccc2)o1. The Hall–Kier alpha value is -3.40. The molecule has 24 heavy (non-hydrogen) atoms. The van der Waals surface area contributed by atoms with Gasteiger partial charge in [0.1, 0.15) is 11.5 Å². The number of hydrogen-bond acceptors (Lipinski definition) is 4. The molecule has 116 valence electrons. The molecular formula is C20H13NO3. The van der Waals surface area contributed by atoms with E-state index in [0.717, 1.165) is 16.9 Å². The van der Waals surface area contributed by atoms with Crippen LogP contribution in [0, 0.1) is 0 Å². The lowest BCUT2D eigenvalue weighted by Gasteiger charge is -1.97. The van der Waals surface area contributed by atoms with Gasteiger partial charge in [0.15, 0.2) is 5.70 Å². The van der Waals surface area contributed by atoms with Crippen LogP contribution in [-0.2, 0) is 9.53 Å². The smallest absolute Gasteiger partial charge is 0.363 e. The largest absolute Gasteiger partial charge is 0.457 e. The normalized spacial score (nSPS) is 15.4. The molecule has 0 amide bonds. The van der Waals surface area contributed by atoms with Crippen molar-refractivity contribution in [3.63, 3.8) is 0 Å². The van der Waals surface area contributed by atoms with Crippen LogP contribution in [0.5, 0.6) is 0 Å². The fraction of sp³-hybridized carbons (Fsp3) is 0. The minimum absolute atomic E-state index is 0.225. The topological polar surface area (TPSA) is 51.8 Å². The van der Waals surface area contributed by atoms with Gasteiger partial charge < -0.3 is 9.15 Å². The zero-order chi connectivity index (χ0) is 16.4. The van der Waals surface area contributed by atoms with Gasteiger partial charge in [-0.15, -0.1) is 0 Å². The summed E-state index contributed by atoms with van der Waals surface area (Å²) in [6.07, 6.45) is 1.59. The van der Waals surface area contributed by atoms with Crippen molar-refractivity contribution in [2.24, 2.45) is 4.99 Å². The summed E-state index contributed by atoms with van der Waals surface area (Å²) in [5.41, 5.74) is 1.96. The first-order chi connectivity index (χ1) is 11.8. The van der Waals surface area contributed by atoms with Crippen LogP contribution in [0.3, 0.4) is 0 Å². The molecule has 0 aliphatic carbocycles. The summed E-state index contributed by atoms with van der Waals surface area (Å²) in [4.78, 5) is 16.3. The molecular weight excluding hydrogens is 302 g/mol. The molecule has 0 unspecified atom stereocenters. The number of carbonyl (C=O) groups excluding carboxylic acids is 1. The molecule has 2 heterocycles. The van der Waals surface area contributed by atoms with Gasteiger partial charge in [0, 0.05) is 17.2 Å². The third-order valence-electron chi connectivity index (χ3n) is 3.61. The number of carbonyl (C=O) groups is 1. The van der Waals surface area contributed by atoms with Gasteiger partial charge in [0.2, 0.25) is 5.90 Å². The van der Waals surface area contributed by atoms with Gasteiger partial charge in [-0.25, -0.2) is 9.79 Å². The molecule has 0 saturated carbocycles. The van der Waals surface area contributed by atoms with E-state index >= 15 is 0 Å². The van der Waals surface area contributed by atoms with Crippen molar-refractivity contribution < 1.29 is 13.9 Å². The van der Waals surface area contributed by atoms with Gasteiger partial charge in [0.25, 0.3) is 0 Å². The molecule has 0 N–H and O–H groups in total. The Bertz CT molecular complexity index is 937. The lowest BCUT2D eigenvalue weighted by atomic mass is 10.2. The fourth-order valence-electron chi connectivity index (χ4n) is 2.44. The third-order valence-corrected chi connectivity index (χ3v) is 3.61. The molecule has 4 rings (SSSR count). The number of furan rings is 1. The summed E-state index contributed by atoms with van der Waals surface area (Å²) >= 11 is 0. The second kappa shape index (κ2) is 6.01. The number of benzene rings is 2. The van der Waals surface area contributed by atoms with Crippen molar-refractivity contribution >= 4 is 17.9 Å². The first-order valence-corrected chi connectivity index (χ1v) is 7.53. The molecule has 0 saturated heterocycles. The van der Waals surface area contributed by atoms with Crippen LogP contribution in [0.15, 0.2) is 87.9 Å². The predicted molar refractivity (Wildman–Crippen MR) is 91.2 cm³/mol. The zero-order valence-corrected chi connectivity index (χ0v) is 12.7. The molecule has 4 heteroatoms. The second-order valence-corrected chi connectivity index (χ2v) is 5.27. The Kier molecular flexibility index (Phi) is 3.56. The van der Waals surface area contributed by atoms with E-state index in [1.54, 1.807) is 12.1 Å². The summed E-state index contributed by atoms with van der Waals surface area (Å²) < 4.78 is 11.0. The molecule has 4 nitrogen and oxygen atoms in total. The van der Waals surface area contributed by atoms with E-state index < -0.39 is 5.97 Å². The highest BCUT2D eigenvalue weighted by molar-refractivity contribution is 6.12. The average Bonchev–Trinajstić information content (AvgIpc) is 3.24. The molecule has 1 aliphatic heterocycles. The first-order valence-electron chi connectivity index (χ1n) is 7.53. The Morgan fingerprint density at radius 2 is 1.46 bits per heavy atom. The minimum Gasteiger partial charge on any atom is -0.457 e. The van der Waals surface area contributed by atoms with Crippen LogP contribution < -0.4 is 0 Å². The highest BCUT2D eigenvalue weighted by atomic mass is 16.6. The number of esters is 1. The van der Waals surface area contributed by atoms with Crippen LogP contribution in [0.25, 0.3) is 17.4 Å². The van der Waals surface area contributed by atoms with E-state index in [2.05, 4.69) is 4.99 Å². The van der Waals surface area contributed by atoms with Gasteiger partial charge in [-0.05, 0) is 24.3 Å². The molecule has 2 aromatic carbocycles. The van der Waals surface area contributed by atoms with Crippen molar-refractivity contribution in [2.45, 2.75) is 0 Å². The molecule has 0 radical (unpaired) electrons. The van der Waals surface area contributed by atoms with E-state index in [-0.39, 0.29) is 5.70 Å². The second-order valence-electron chi connectivity index (χ2n) is 5.27. The zero-order valence-electron chi connectivity index (χ0n) is 12.7. The van der Waals surface area contributed by atoms with Crippen molar-refractivity contribution in [1.82, 2.24) is 0 Å². The number of aliphatic imine (C=N–C) groups is 1. The van der Waals surface area contributed by atoms with E-state index in [9.17, 15) is 4.79 Å². The molecule has 0 bridgehead atoms. The van der Waals surface area contributed by atoms with Gasteiger partial charge in [-0.1, -0.05) is 48.5 Å². The lowest BCUT2D eigenvalue weighted by molar-refractivity contribution is -0.129. The average molecular weight is 315 g/mol. The fourth-order valence-corrected chi connectivity index (χ4v) is 2.44. The molecule has 0 spiro atoms. The van der Waals surface area contributed by atoms with Gasteiger partial charge in [0.05, 0.1) is 0 Å². The number of rotatable bonds is 3. The van der Waals surface area contributed by atoms with Crippen molar-refractivity contribution in [2.75, 3.05) is 0 Å². The van der Waals surface area contributed by atoms with Gasteiger partial charge in [-0.2, -0.15) is 0 Å². The first kappa shape index (κ1) is 14.2. The standard InChI is InChI=1S/C20H13NO3/c22-20-17(21-19(24-20)15-9-5-2-6-10-15)13-16-11-12-18(23-16)14-7-3-1-4-8-14/h1-13H/b17-13+. The monoisotopic (exact) mass is 315 g/mol. The molecule has 1 aromatic heterocycles. The Labute approximate surface area is 138 Å². The number of nitrogens with zero attached hydrogens (tertiary/aromatic N) is 1. The molecule has 0 atom stereocenters. The lowest BCUT2D eigenvalue weighted by Crippen LogP contribution is -2.04. The summed E-state index contributed by atoms with van der Waals surface area (Å²) in [7, 11) is 0. The molecule has 1 aliphatic rings. The minimum atomic E-state index is -0.480. The Morgan fingerprint density at radius 3 is 2.17 bits per heavy atom. The quantitative estimate of drug-likeness (QED) is 0.535. The Balaban J connectivity index is 1.63. The van der Waals surface area contributed by atoms with Crippen molar-refractivity contribution in [3.05, 3.63) is 89.8 Å². The van der Waals surface area contributed by atoms with Gasteiger partial charge in [-0.3, -0.25) is 0 Å². The molecule has 0 fully saturated rings. The third kappa shape index (κ3) is 2.77. The van der Waals surface area contributed by atoms with E-state index in [1.165, 1.54) is 0 Å².